The smallest absolute Gasteiger partial charge is 0.245 e. The first kappa shape index (κ1) is 19.2. The molecule has 1 aliphatic rings. The number of carbonyl (C=O) groups is 1. The molecule has 0 atom stereocenters. The number of nitrogens with zero attached hydrogens (tertiary/aromatic N) is 4. The van der Waals surface area contributed by atoms with Gasteiger partial charge in [-0.05, 0) is 42.3 Å². The maximum atomic E-state index is 13.7. The maximum absolute atomic E-state index is 13.7. The third-order valence-corrected chi connectivity index (χ3v) is 5.50. The van der Waals surface area contributed by atoms with Crippen LogP contribution in [0.25, 0.3) is 22.5 Å². The number of hydrogen-bond acceptors (Lipinski definition) is 4. The summed E-state index contributed by atoms with van der Waals surface area (Å²) in [7, 11) is 0. The molecule has 0 unspecified atom stereocenters. The van der Waals surface area contributed by atoms with E-state index in [-0.39, 0.29) is 18.3 Å². The molecule has 1 amide bonds. The van der Waals surface area contributed by atoms with Gasteiger partial charge in [0, 0.05) is 12.5 Å². The number of carbonyl (C=O) groups excluding carboxylic acids is 1. The Morgan fingerprint density at radius 2 is 1.87 bits per heavy atom. The van der Waals surface area contributed by atoms with Gasteiger partial charge in [-0.2, -0.15) is 5.10 Å². The normalized spacial score (nSPS) is 12.9. The van der Waals surface area contributed by atoms with Crippen molar-refractivity contribution in [1.29, 1.82) is 0 Å². The molecule has 0 fully saturated rings. The van der Waals surface area contributed by atoms with Gasteiger partial charge in [0.1, 0.15) is 23.8 Å². The molecule has 2 aromatic heterocycles. The van der Waals surface area contributed by atoms with Crippen molar-refractivity contribution >= 4 is 5.91 Å². The quantitative estimate of drug-likeness (QED) is 0.491. The Morgan fingerprint density at radius 3 is 2.61 bits per heavy atom. The highest BCUT2D eigenvalue weighted by Gasteiger charge is 2.28. The number of oxazole rings is 1. The molecule has 6 nitrogen and oxygen atoms in total. The van der Waals surface area contributed by atoms with E-state index in [1.54, 1.807) is 35.6 Å². The van der Waals surface area contributed by atoms with E-state index >= 15 is 0 Å². The van der Waals surface area contributed by atoms with Crippen LogP contribution in [0.4, 0.5) is 4.39 Å². The lowest BCUT2D eigenvalue weighted by atomic mass is 10.1. The predicted octanol–water partition coefficient (Wildman–Crippen LogP) is 4.50. The van der Waals surface area contributed by atoms with Gasteiger partial charge in [0.2, 0.25) is 5.91 Å². The van der Waals surface area contributed by atoms with Crippen molar-refractivity contribution < 1.29 is 13.6 Å². The second-order valence-electron chi connectivity index (χ2n) is 7.76. The second kappa shape index (κ2) is 7.50. The van der Waals surface area contributed by atoms with Gasteiger partial charge in [-0.1, -0.05) is 30.3 Å². The minimum absolute atomic E-state index is 0.0621. The van der Waals surface area contributed by atoms with Crippen molar-refractivity contribution in [3.8, 4) is 22.5 Å². The zero-order valence-electron chi connectivity index (χ0n) is 17.3. The van der Waals surface area contributed by atoms with E-state index < -0.39 is 0 Å². The highest BCUT2D eigenvalue weighted by Crippen LogP contribution is 2.28. The van der Waals surface area contributed by atoms with Crippen molar-refractivity contribution in [2.45, 2.75) is 33.5 Å². The number of fused-ring (bicyclic) bond motifs is 1. The highest BCUT2D eigenvalue weighted by molar-refractivity contribution is 5.78. The molecule has 0 aliphatic carbocycles. The number of aryl methyl sites for hydroxylation is 2. The molecule has 5 rings (SSSR count). The molecule has 0 saturated carbocycles. The van der Waals surface area contributed by atoms with Crippen LogP contribution in [-0.4, -0.2) is 25.6 Å². The first-order valence-corrected chi connectivity index (χ1v) is 10.1. The summed E-state index contributed by atoms with van der Waals surface area (Å²) >= 11 is 0. The van der Waals surface area contributed by atoms with Crippen molar-refractivity contribution in [3.05, 3.63) is 83.3 Å². The van der Waals surface area contributed by atoms with Gasteiger partial charge in [0.05, 0.1) is 24.5 Å². The van der Waals surface area contributed by atoms with Gasteiger partial charge in [-0.25, -0.2) is 9.37 Å². The van der Waals surface area contributed by atoms with E-state index in [4.69, 9.17) is 9.52 Å². The molecule has 0 bridgehead atoms. The molecule has 1 aliphatic heterocycles. The SMILES string of the molecule is Cc1nc2c(o1)CN(C(=O)Cn1nc(-c3ccc(F)c(C)c3)cc1-c1ccccc1)C2. The first-order chi connectivity index (χ1) is 15.0. The summed E-state index contributed by atoms with van der Waals surface area (Å²) in [5.41, 5.74) is 4.66. The molecule has 0 radical (unpaired) electrons. The van der Waals surface area contributed by atoms with E-state index in [9.17, 15) is 9.18 Å². The summed E-state index contributed by atoms with van der Waals surface area (Å²) < 4.78 is 21.0. The highest BCUT2D eigenvalue weighted by atomic mass is 19.1. The molecule has 3 heterocycles. The average molecular weight is 416 g/mol. The number of rotatable bonds is 4. The van der Waals surface area contributed by atoms with Crippen LogP contribution < -0.4 is 0 Å². The summed E-state index contributed by atoms with van der Waals surface area (Å²) in [4.78, 5) is 19.1. The first-order valence-electron chi connectivity index (χ1n) is 10.1. The van der Waals surface area contributed by atoms with Crippen molar-refractivity contribution in [1.82, 2.24) is 19.7 Å². The van der Waals surface area contributed by atoms with Crippen LogP contribution in [0.2, 0.25) is 0 Å². The van der Waals surface area contributed by atoms with Gasteiger partial charge < -0.3 is 9.32 Å². The monoisotopic (exact) mass is 416 g/mol. The van der Waals surface area contributed by atoms with Crippen LogP contribution in [0.3, 0.4) is 0 Å². The molecule has 2 aromatic carbocycles. The zero-order valence-corrected chi connectivity index (χ0v) is 17.3. The fourth-order valence-electron chi connectivity index (χ4n) is 3.90. The Labute approximate surface area is 178 Å². The van der Waals surface area contributed by atoms with Gasteiger partial charge >= 0.3 is 0 Å². The number of hydrogen-bond donors (Lipinski definition) is 0. The summed E-state index contributed by atoms with van der Waals surface area (Å²) in [6, 6.07) is 16.7. The molecule has 4 aromatic rings. The molecular formula is C24H21FN4O2. The number of aromatic nitrogens is 3. The van der Waals surface area contributed by atoms with Crippen LogP contribution in [0.15, 0.2) is 59.0 Å². The van der Waals surface area contributed by atoms with Crippen LogP contribution in [-0.2, 0) is 24.4 Å². The number of benzene rings is 2. The average Bonchev–Trinajstić information content (AvgIpc) is 3.43. The van der Waals surface area contributed by atoms with Gasteiger partial charge in [0.15, 0.2) is 5.89 Å². The Hall–Kier alpha value is -3.74. The largest absolute Gasteiger partial charge is 0.444 e. The molecule has 7 heteroatoms. The predicted molar refractivity (Wildman–Crippen MR) is 113 cm³/mol. The lowest BCUT2D eigenvalue weighted by molar-refractivity contribution is -0.132. The third kappa shape index (κ3) is 3.63. The Kier molecular flexibility index (Phi) is 4.66. The van der Waals surface area contributed by atoms with Crippen molar-refractivity contribution in [3.63, 3.8) is 0 Å². The number of halogens is 1. The van der Waals surface area contributed by atoms with Crippen LogP contribution >= 0.6 is 0 Å². The lowest BCUT2D eigenvalue weighted by Gasteiger charge is -2.16. The topological polar surface area (TPSA) is 64.2 Å². The lowest BCUT2D eigenvalue weighted by Crippen LogP contribution is -2.30. The summed E-state index contributed by atoms with van der Waals surface area (Å²) in [6.07, 6.45) is 0. The molecular weight excluding hydrogens is 395 g/mol. The molecule has 0 N–H and O–H groups in total. The fraction of sp³-hybridized carbons (Fsp3) is 0.208. The maximum Gasteiger partial charge on any atom is 0.245 e. The van der Waals surface area contributed by atoms with Gasteiger partial charge in [0.25, 0.3) is 0 Å². The Balaban J connectivity index is 1.46. The number of amides is 1. The van der Waals surface area contributed by atoms with E-state index in [0.29, 0.717) is 30.2 Å². The molecule has 0 spiro atoms. The van der Waals surface area contributed by atoms with Gasteiger partial charge in [-0.3, -0.25) is 9.48 Å². The minimum atomic E-state index is -0.253. The van der Waals surface area contributed by atoms with Crippen LogP contribution in [0.1, 0.15) is 22.9 Å². The molecule has 156 valence electrons. The summed E-state index contributed by atoms with van der Waals surface area (Å²) in [5.74, 6) is 1.05. The Morgan fingerprint density at radius 1 is 1.06 bits per heavy atom. The van der Waals surface area contributed by atoms with Gasteiger partial charge in [-0.15, -0.1) is 0 Å². The van der Waals surface area contributed by atoms with Crippen LogP contribution in [0.5, 0.6) is 0 Å². The van der Waals surface area contributed by atoms with E-state index in [2.05, 4.69) is 4.98 Å². The van der Waals surface area contributed by atoms with Crippen LogP contribution in [0, 0.1) is 19.7 Å². The zero-order chi connectivity index (χ0) is 21.5. The molecule has 0 saturated heterocycles. The fourth-order valence-corrected chi connectivity index (χ4v) is 3.90. The van der Waals surface area contributed by atoms with E-state index in [0.717, 1.165) is 28.3 Å². The Bertz CT molecular complexity index is 1250. The van der Waals surface area contributed by atoms with E-state index in [1.165, 1.54) is 6.07 Å². The van der Waals surface area contributed by atoms with Crippen molar-refractivity contribution in [2.75, 3.05) is 0 Å². The van der Waals surface area contributed by atoms with E-state index in [1.807, 2.05) is 36.4 Å². The summed E-state index contributed by atoms with van der Waals surface area (Å²) in [5, 5.41) is 4.70. The summed E-state index contributed by atoms with van der Waals surface area (Å²) in [6.45, 7) is 4.48. The molecule has 31 heavy (non-hydrogen) atoms. The minimum Gasteiger partial charge on any atom is -0.444 e. The second-order valence-corrected chi connectivity index (χ2v) is 7.76. The third-order valence-electron chi connectivity index (χ3n) is 5.50. The van der Waals surface area contributed by atoms with Crippen molar-refractivity contribution in [2.24, 2.45) is 0 Å². The standard InChI is InChI=1S/C24H21FN4O2/c1-15-10-18(8-9-19(15)25)20-11-22(17-6-4-3-5-7-17)29(27-20)14-24(30)28-12-21-23(13-28)31-16(2)26-21/h3-11H,12-14H2,1-2H3.